The Labute approximate surface area is 153 Å². The maximum absolute atomic E-state index is 13.2. The molecule has 2 aromatic rings. The van der Waals surface area contributed by atoms with E-state index in [4.69, 9.17) is 9.47 Å². The van der Waals surface area contributed by atoms with Crippen LogP contribution in [0.25, 0.3) is 5.65 Å². The van der Waals surface area contributed by atoms with Crippen LogP contribution in [0.3, 0.4) is 0 Å². The van der Waals surface area contributed by atoms with Crippen LogP contribution in [0.1, 0.15) is 45.4 Å². The highest BCUT2D eigenvalue weighted by molar-refractivity contribution is 5.83. The topological polar surface area (TPSA) is 69.0 Å². The van der Waals surface area contributed by atoms with Crippen LogP contribution in [0, 0.1) is 5.41 Å². The van der Waals surface area contributed by atoms with Crippen molar-refractivity contribution in [3.05, 3.63) is 30.2 Å². The molecule has 0 bridgehead atoms. The Morgan fingerprint density at radius 1 is 1.19 bits per heavy atom. The molecule has 2 aliphatic heterocycles. The minimum absolute atomic E-state index is 0.103. The number of carbonyl (C=O) groups is 1. The van der Waals surface area contributed by atoms with Gasteiger partial charge in [-0.1, -0.05) is 6.07 Å². The Balaban J connectivity index is 1.51. The van der Waals surface area contributed by atoms with Gasteiger partial charge in [-0.25, -0.2) is 0 Å². The van der Waals surface area contributed by atoms with Crippen molar-refractivity contribution in [1.29, 1.82) is 0 Å². The van der Waals surface area contributed by atoms with Crippen LogP contribution in [-0.2, 0) is 14.3 Å². The molecule has 0 aliphatic carbocycles. The zero-order valence-corrected chi connectivity index (χ0v) is 15.6. The van der Waals surface area contributed by atoms with Crippen LogP contribution >= 0.6 is 0 Å². The number of pyridine rings is 1. The number of amides is 1. The maximum Gasteiger partial charge on any atom is 0.233 e. The standard InChI is InChI=1S/C19H26N4O3/c1-18(2)25-12-19(3,13-26-18)17(24)22-9-6-7-14(11-22)16-21-20-15-8-4-5-10-23(15)16/h4-5,8,10,14H,6-7,9,11-13H2,1-3H3/t14-/m0/s1. The quantitative estimate of drug-likeness (QED) is 0.823. The highest BCUT2D eigenvalue weighted by Gasteiger charge is 2.45. The molecule has 0 spiro atoms. The Morgan fingerprint density at radius 3 is 2.73 bits per heavy atom. The average Bonchev–Trinajstić information content (AvgIpc) is 3.08. The van der Waals surface area contributed by atoms with Gasteiger partial charge in [0.05, 0.1) is 18.6 Å². The molecule has 1 amide bonds. The third-order valence-electron chi connectivity index (χ3n) is 5.41. The van der Waals surface area contributed by atoms with E-state index in [2.05, 4.69) is 10.2 Å². The highest BCUT2D eigenvalue weighted by Crippen LogP contribution is 2.34. The number of hydrogen-bond acceptors (Lipinski definition) is 5. The summed E-state index contributed by atoms with van der Waals surface area (Å²) in [5.41, 5.74) is 0.207. The third-order valence-corrected chi connectivity index (χ3v) is 5.41. The van der Waals surface area contributed by atoms with Crippen molar-refractivity contribution in [2.45, 2.75) is 45.3 Å². The number of likely N-dealkylation sites (tertiary alicyclic amines) is 1. The molecule has 0 radical (unpaired) electrons. The maximum atomic E-state index is 13.2. The molecule has 2 aliphatic rings. The zero-order chi connectivity index (χ0) is 18.4. The summed E-state index contributed by atoms with van der Waals surface area (Å²) < 4.78 is 13.5. The fraction of sp³-hybridized carbons (Fsp3) is 0.632. The lowest BCUT2D eigenvalue weighted by Gasteiger charge is -2.44. The summed E-state index contributed by atoms with van der Waals surface area (Å²) in [6, 6.07) is 5.88. The monoisotopic (exact) mass is 358 g/mol. The molecule has 0 unspecified atom stereocenters. The van der Waals surface area contributed by atoms with Gasteiger partial charge in [0.1, 0.15) is 5.82 Å². The van der Waals surface area contributed by atoms with Crippen LogP contribution < -0.4 is 0 Å². The SMILES string of the molecule is CC1(C)OCC(C)(C(=O)N2CCC[C@H](c3nnc4ccccn34)C2)CO1. The number of ether oxygens (including phenoxy) is 2. The number of hydrogen-bond donors (Lipinski definition) is 0. The van der Waals surface area contributed by atoms with Gasteiger partial charge < -0.3 is 14.4 Å². The lowest BCUT2D eigenvalue weighted by molar-refractivity contribution is -0.279. The first-order valence-electron chi connectivity index (χ1n) is 9.25. The Bertz CT molecular complexity index is 806. The fourth-order valence-electron chi connectivity index (χ4n) is 3.77. The molecule has 2 aromatic heterocycles. The van der Waals surface area contributed by atoms with Crippen LogP contribution in [-0.4, -0.2) is 57.5 Å². The van der Waals surface area contributed by atoms with Gasteiger partial charge in [0.25, 0.3) is 0 Å². The largest absolute Gasteiger partial charge is 0.349 e. The number of aromatic nitrogens is 3. The van der Waals surface area contributed by atoms with Gasteiger partial charge in [0.15, 0.2) is 11.4 Å². The first kappa shape index (κ1) is 17.4. The van der Waals surface area contributed by atoms with Crippen LogP contribution in [0.2, 0.25) is 0 Å². The molecule has 0 aromatic carbocycles. The van der Waals surface area contributed by atoms with Crippen molar-refractivity contribution >= 4 is 11.6 Å². The second-order valence-corrected chi connectivity index (χ2v) is 8.12. The number of nitrogens with zero attached hydrogens (tertiary/aromatic N) is 4. The van der Waals surface area contributed by atoms with Crippen LogP contribution in [0.5, 0.6) is 0 Å². The lowest BCUT2D eigenvalue weighted by atomic mass is 9.87. The van der Waals surface area contributed by atoms with E-state index >= 15 is 0 Å². The van der Waals surface area contributed by atoms with Gasteiger partial charge in [-0.15, -0.1) is 10.2 Å². The first-order valence-corrected chi connectivity index (χ1v) is 9.25. The Kier molecular flexibility index (Phi) is 4.23. The fourth-order valence-corrected chi connectivity index (χ4v) is 3.77. The lowest BCUT2D eigenvalue weighted by Crippen LogP contribution is -2.55. The summed E-state index contributed by atoms with van der Waals surface area (Å²) in [5, 5.41) is 8.64. The number of carbonyl (C=O) groups excluding carboxylic acids is 1. The van der Waals surface area contributed by atoms with Gasteiger partial charge >= 0.3 is 0 Å². The minimum Gasteiger partial charge on any atom is -0.349 e. The summed E-state index contributed by atoms with van der Waals surface area (Å²) in [4.78, 5) is 15.1. The molecule has 1 atom stereocenters. The summed E-state index contributed by atoms with van der Waals surface area (Å²) in [6.45, 7) is 7.88. The Morgan fingerprint density at radius 2 is 1.96 bits per heavy atom. The summed E-state index contributed by atoms with van der Waals surface area (Å²) in [5.74, 6) is 0.604. The van der Waals surface area contributed by atoms with E-state index < -0.39 is 11.2 Å². The van der Waals surface area contributed by atoms with Crippen molar-refractivity contribution in [3.8, 4) is 0 Å². The minimum atomic E-state index is -0.635. The molecular formula is C19H26N4O3. The highest BCUT2D eigenvalue weighted by atomic mass is 16.7. The zero-order valence-electron chi connectivity index (χ0n) is 15.6. The molecule has 140 valence electrons. The van der Waals surface area contributed by atoms with Gasteiger partial charge in [0.2, 0.25) is 5.91 Å². The van der Waals surface area contributed by atoms with Gasteiger partial charge in [-0.2, -0.15) is 0 Å². The van der Waals surface area contributed by atoms with Crippen molar-refractivity contribution in [2.24, 2.45) is 5.41 Å². The molecule has 7 heteroatoms. The normalized spacial score (nSPS) is 25.3. The predicted octanol–water partition coefficient (Wildman–Crippen LogP) is 2.22. The molecule has 4 heterocycles. The summed E-state index contributed by atoms with van der Waals surface area (Å²) >= 11 is 0. The predicted molar refractivity (Wildman–Crippen MR) is 95.6 cm³/mol. The summed E-state index contributed by atoms with van der Waals surface area (Å²) in [6.07, 6.45) is 3.95. The van der Waals surface area contributed by atoms with E-state index in [1.54, 1.807) is 0 Å². The van der Waals surface area contributed by atoms with Crippen molar-refractivity contribution in [2.75, 3.05) is 26.3 Å². The van der Waals surface area contributed by atoms with Crippen molar-refractivity contribution in [3.63, 3.8) is 0 Å². The van der Waals surface area contributed by atoms with E-state index in [1.807, 2.05) is 54.5 Å². The molecular weight excluding hydrogens is 332 g/mol. The first-order chi connectivity index (χ1) is 12.4. The molecule has 0 N–H and O–H groups in total. The molecule has 2 saturated heterocycles. The van der Waals surface area contributed by atoms with E-state index in [9.17, 15) is 4.79 Å². The third kappa shape index (κ3) is 3.10. The van der Waals surface area contributed by atoms with Crippen LogP contribution in [0.4, 0.5) is 0 Å². The van der Waals surface area contributed by atoms with E-state index in [0.29, 0.717) is 19.8 Å². The molecule has 26 heavy (non-hydrogen) atoms. The van der Waals surface area contributed by atoms with Gasteiger partial charge in [-0.3, -0.25) is 9.20 Å². The molecule has 0 saturated carbocycles. The van der Waals surface area contributed by atoms with Crippen molar-refractivity contribution < 1.29 is 14.3 Å². The second-order valence-electron chi connectivity index (χ2n) is 8.12. The van der Waals surface area contributed by atoms with E-state index in [-0.39, 0.29) is 11.8 Å². The number of piperidine rings is 1. The molecule has 7 nitrogen and oxygen atoms in total. The summed E-state index contributed by atoms with van der Waals surface area (Å²) in [7, 11) is 0. The molecule has 2 fully saturated rings. The number of fused-ring (bicyclic) bond motifs is 1. The number of rotatable bonds is 2. The van der Waals surface area contributed by atoms with Gasteiger partial charge in [0, 0.05) is 25.2 Å². The average molecular weight is 358 g/mol. The second kappa shape index (κ2) is 6.32. The molecule has 4 rings (SSSR count). The van der Waals surface area contributed by atoms with Crippen molar-refractivity contribution in [1.82, 2.24) is 19.5 Å². The Hall–Kier alpha value is -1.99. The van der Waals surface area contributed by atoms with Crippen LogP contribution in [0.15, 0.2) is 24.4 Å². The van der Waals surface area contributed by atoms with E-state index in [1.165, 1.54) is 0 Å². The van der Waals surface area contributed by atoms with Gasteiger partial charge in [-0.05, 0) is 45.7 Å². The van der Waals surface area contributed by atoms with E-state index in [0.717, 1.165) is 30.9 Å². The smallest absolute Gasteiger partial charge is 0.233 e.